The van der Waals surface area contributed by atoms with E-state index < -0.39 is 5.60 Å². The van der Waals surface area contributed by atoms with Gasteiger partial charge in [-0.1, -0.05) is 32.9 Å². The molecule has 0 unspecified atom stereocenters. The van der Waals surface area contributed by atoms with Crippen LogP contribution in [0, 0.1) is 45.3 Å². The van der Waals surface area contributed by atoms with Crippen LogP contribution in [0.3, 0.4) is 0 Å². The smallest absolute Gasteiger partial charge is 0.333 e. The van der Waals surface area contributed by atoms with E-state index in [2.05, 4.69) is 46.8 Å². The van der Waals surface area contributed by atoms with Gasteiger partial charge in [-0.2, -0.15) is 0 Å². The summed E-state index contributed by atoms with van der Waals surface area (Å²) in [6, 6.07) is 0. The highest BCUT2D eigenvalue weighted by Crippen LogP contribution is 2.87. The zero-order valence-corrected chi connectivity index (χ0v) is 21.9. The maximum atomic E-state index is 12.4. The zero-order chi connectivity index (χ0) is 24.3. The molecule has 186 valence electrons. The van der Waals surface area contributed by atoms with E-state index in [1.807, 2.05) is 6.92 Å². The third-order valence-electron chi connectivity index (χ3n) is 12.6. The zero-order valence-electron chi connectivity index (χ0n) is 21.9. The van der Waals surface area contributed by atoms with Gasteiger partial charge in [-0.05, 0) is 99.7 Å². The van der Waals surface area contributed by atoms with Gasteiger partial charge >= 0.3 is 11.9 Å². The summed E-state index contributed by atoms with van der Waals surface area (Å²) in [5, 5.41) is 0. The predicted molar refractivity (Wildman–Crippen MR) is 131 cm³/mol. The summed E-state index contributed by atoms with van der Waals surface area (Å²) in [4.78, 5) is 24.7. The van der Waals surface area contributed by atoms with E-state index in [4.69, 9.17) is 9.47 Å². The largest absolute Gasteiger partial charge is 0.458 e. The normalized spacial score (nSPS) is 51.5. The summed E-state index contributed by atoms with van der Waals surface area (Å²) in [6.07, 6.45) is 15.6. The van der Waals surface area contributed by atoms with Crippen LogP contribution in [0.15, 0.2) is 23.8 Å². The number of hydrogen-bond acceptors (Lipinski definition) is 4. The van der Waals surface area contributed by atoms with Gasteiger partial charge < -0.3 is 9.47 Å². The highest BCUT2D eigenvalue weighted by molar-refractivity contribution is 5.88. The summed E-state index contributed by atoms with van der Waals surface area (Å²) >= 11 is 0. The van der Waals surface area contributed by atoms with E-state index in [0.717, 1.165) is 18.4 Å². The SMILES string of the molecule is CC1=CC[C@H]([C@@H](C)[C@H]2CC[C@@]3(C)[C@@H]4CC[C@H]5C(C)(C)OC(=O)C=C[C@@]56C[C@@]46CC[C@]23C)OC1=O. The van der Waals surface area contributed by atoms with Crippen LogP contribution < -0.4 is 0 Å². The molecule has 9 atom stereocenters. The van der Waals surface area contributed by atoms with Gasteiger partial charge in [0, 0.05) is 29.4 Å². The van der Waals surface area contributed by atoms with Gasteiger partial charge in [0.25, 0.3) is 0 Å². The quantitative estimate of drug-likeness (QED) is 0.442. The van der Waals surface area contributed by atoms with E-state index in [1.165, 1.54) is 38.5 Å². The molecule has 0 aromatic carbocycles. The molecule has 4 saturated carbocycles. The lowest BCUT2D eigenvalue weighted by Gasteiger charge is -2.61. The fourth-order valence-corrected chi connectivity index (χ4v) is 10.7. The first kappa shape index (κ1) is 22.9. The molecule has 0 aromatic rings. The standard InChI is InChI=1S/C30H42O4/c1-18-7-8-21(33-25(18)32)19(2)20-11-13-28(6)23-10-9-22-26(3,4)34-24(31)12-14-29(22)17-30(23,29)16-15-27(20,28)5/h7,12,14,19-23H,8-11,13,15-17H2,1-6H3/t19-,20+,21+,22-,23-,27+,28-,29+,30-/m0/s1. The molecule has 0 amide bonds. The summed E-state index contributed by atoms with van der Waals surface area (Å²) in [5.41, 5.74) is 1.35. The third-order valence-corrected chi connectivity index (χ3v) is 12.6. The van der Waals surface area contributed by atoms with Crippen molar-refractivity contribution in [2.45, 2.75) is 105 Å². The minimum Gasteiger partial charge on any atom is -0.458 e. The molecule has 6 aliphatic rings. The molecule has 0 aromatic heterocycles. The summed E-state index contributed by atoms with van der Waals surface area (Å²) in [5.74, 6) is 1.77. The van der Waals surface area contributed by atoms with Crippen LogP contribution in [0.25, 0.3) is 0 Å². The summed E-state index contributed by atoms with van der Waals surface area (Å²) in [6.45, 7) is 13.7. The van der Waals surface area contributed by atoms with Crippen molar-refractivity contribution in [1.82, 2.24) is 0 Å². The molecule has 2 spiro atoms. The third kappa shape index (κ3) is 2.61. The number of cyclic esters (lactones) is 2. The first-order valence-electron chi connectivity index (χ1n) is 13.7. The van der Waals surface area contributed by atoms with Crippen LogP contribution in [0.2, 0.25) is 0 Å². The van der Waals surface area contributed by atoms with Crippen molar-refractivity contribution in [3.63, 3.8) is 0 Å². The molecule has 2 heterocycles. The van der Waals surface area contributed by atoms with E-state index in [-0.39, 0.29) is 34.3 Å². The van der Waals surface area contributed by atoms with Crippen molar-refractivity contribution < 1.29 is 19.1 Å². The van der Waals surface area contributed by atoms with Gasteiger partial charge in [-0.15, -0.1) is 0 Å². The van der Waals surface area contributed by atoms with Crippen LogP contribution in [0.5, 0.6) is 0 Å². The molecule has 4 heteroatoms. The molecule has 4 aliphatic carbocycles. The van der Waals surface area contributed by atoms with Crippen molar-refractivity contribution in [3.05, 3.63) is 23.8 Å². The van der Waals surface area contributed by atoms with E-state index in [0.29, 0.717) is 29.1 Å². The van der Waals surface area contributed by atoms with Gasteiger partial charge in [0.15, 0.2) is 0 Å². The average Bonchev–Trinajstić information content (AvgIpc) is 3.39. The van der Waals surface area contributed by atoms with Gasteiger partial charge in [-0.3, -0.25) is 0 Å². The Balaban J connectivity index is 1.32. The van der Waals surface area contributed by atoms with Crippen LogP contribution in [-0.2, 0) is 19.1 Å². The number of allylic oxidation sites excluding steroid dienone is 1. The molecule has 6 rings (SSSR count). The van der Waals surface area contributed by atoms with Crippen molar-refractivity contribution >= 4 is 11.9 Å². The molecule has 0 N–H and O–H groups in total. The Morgan fingerprint density at radius 1 is 0.971 bits per heavy atom. The van der Waals surface area contributed by atoms with Gasteiger partial charge in [0.2, 0.25) is 0 Å². The maximum absolute atomic E-state index is 12.4. The fourth-order valence-electron chi connectivity index (χ4n) is 10.7. The van der Waals surface area contributed by atoms with Crippen LogP contribution >= 0.6 is 0 Å². The highest BCUT2D eigenvalue weighted by atomic mass is 16.6. The molecule has 4 fully saturated rings. The first-order valence-corrected chi connectivity index (χ1v) is 13.7. The Bertz CT molecular complexity index is 1010. The number of carbonyl (C=O) groups is 2. The number of rotatable bonds is 2. The monoisotopic (exact) mass is 466 g/mol. The summed E-state index contributed by atoms with van der Waals surface area (Å²) in [7, 11) is 0. The van der Waals surface area contributed by atoms with E-state index in [1.54, 1.807) is 6.08 Å². The minimum absolute atomic E-state index is 0.00742. The number of ether oxygens (including phenoxy) is 2. The molecule has 2 aliphatic heterocycles. The number of hydrogen-bond donors (Lipinski definition) is 0. The van der Waals surface area contributed by atoms with Crippen LogP contribution in [0.4, 0.5) is 0 Å². The Morgan fingerprint density at radius 2 is 1.71 bits per heavy atom. The van der Waals surface area contributed by atoms with Crippen molar-refractivity contribution in [3.8, 4) is 0 Å². The Labute approximate surface area is 204 Å². The number of carbonyl (C=O) groups excluding carboxylic acids is 2. The minimum atomic E-state index is -0.403. The Kier molecular flexibility index (Phi) is 4.57. The second-order valence-electron chi connectivity index (χ2n) is 13.8. The molecule has 4 nitrogen and oxygen atoms in total. The lowest BCUT2D eigenvalue weighted by Crippen LogP contribution is -2.56. The maximum Gasteiger partial charge on any atom is 0.333 e. The average molecular weight is 467 g/mol. The predicted octanol–water partition coefficient (Wildman–Crippen LogP) is 6.40. The van der Waals surface area contributed by atoms with Gasteiger partial charge in [0.05, 0.1) is 0 Å². The lowest BCUT2D eigenvalue weighted by molar-refractivity contribution is -0.168. The first-order chi connectivity index (χ1) is 15.9. The lowest BCUT2D eigenvalue weighted by atomic mass is 9.43. The number of fused-ring (bicyclic) bond motifs is 2. The Morgan fingerprint density at radius 3 is 2.44 bits per heavy atom. The van der Waals surface area contributed by atoms with Gasteiger partial charge in [-0.25, -0.2) is 9.59 Å². The molecule has 34 heavy (non-hydrogen) atoms. The summed E-state index contributed by atoms with van der Waals surface area (Å²) < 4.78 is 11.8. The molecule has 0 radical (unpaired) electrons. The van der Waals surface area contributed by atoms with Crippen LogP contribution in [-0.4, -0.2) is 23.6 Å². The van der Waals surface area contributed by atoms with Crippen LogP contribution in [0.1, 0.15) is 92.9 Å². The topological polar surface area (TPSA) is 52.6 Å². The second-order valence-corrected chi connectivity index (χ2v) is 13.8. The molecular formula is C30H42O4. The second kappa shape index (κ2) is 6.79. The highest BCUT2D eigenvalue weighted by Gasteiger charge is 2.81. The van der Waals surface area contributed by atoms with E-state index >= 15 is 0 Å². The fraction of sp³-hybridized carbons (Fsp3) is 0.800. The van der Waals surface area contributed by atoms with Crippen molar-refractivity contribution in [2.24, 2.45) is 45.3 Å². The molecule has 0 bridgehead atoms. The molecule has 0 saturated heterocycles. The Hall–Kier alpha value is -1.58. The molecular weight excluding hydrogens is 424 g/mol. The number of esters is 2. The van der Waals surface area contributed by atoms with Gasteiger partial charge in [0.1, 0.15) is 11.7 Å². The van der Waals surface area contributed by atoms with Crippen molar-refractivity contribution in [2.75, 3.05) is 0 Å². The van der Waals surface area contributed by atoms with E-state index in [9.17, 15) is 9.59 Å². The van der Waals surface area contributed by atoms with Crippen molar-refractivity contribution in [1.29, 1.82) is 0 Å².